The van der Waals surface area contributed by atoms with Crippen LogP contribution < -0.4 is 10.2 Å². The van der Waals surface area contributed by atoms with E-state index in [0.29, 0.717) is 11.5 Å². The molecule has 0 spiro atoms. The Balaban J connectivity index is 2.24. The van der Waals surface area contributed by atoms with Gasteiger partial charge in [-0.25, -0.2) is 4.79 Å². The molecule has 0 aliphatic carbocycles. The molecule has 0 aromatic heterocycles. The molecule has 4 nitrogen and oxygen atoms in total. The third-order valence-corrected chi connectivity index (χ3v) is 3.74. The van der Waals surface area contributed by atoms with Gasteiger partial charge in [0.05, 0.1) is 11.3 Å². The smallest absolute Gasteiger partial charge is 0.337 e. The molecule has 0 radical (unpaired) electrons. The van der Waals surface area contributed by atoms with E-state index in [-0.39, 0.29) is 0 Å². The van der Waals surface area contributed by atoms with Gasteiger partial charge in [-0.2, -0.15) is 0 Å². The first kappa shape index (κ1) is 13.9. The van der Waals surface area contributed by atoms with Gasteiger partial charge in [-0.15, -0.1) is 0 Å². The lowest BCUT2D eigenvalue weighted by Gasteiger charge is -2.35. The van der Waals surface area contributed by atoms with Gasteiger partial charge in [-0.05, 0) is 57.0 Å². The van der Waals surface area contributed by atoms with Crippen LogP contribution in [0.5, 0.6) is 0 Å². The van der Waals surface area contributed by atoms with Crippen LogP contribution in [0.1, 0.15) is 28.8 Å². The molecule has 1 aromatic carbocycles. The lowest BCUT2D eigenvalue weighted by molar-refractivity contribution is 0.0697. The van der Waals surface area contributed by atoms with Crippen LogP contribution in [-0.4, -0.2) is 37.8 Å². The highest BCUT2D eigenvalue weighted by atomic mass is 16.4. The number of rotatable bonds is 4. The van der Waals surface area contributed by atoms with E-state index >= 15 is 0 Å². The summed E-state index contributed by atoms with van der Waals surface area (Å²) in [6.45, 7) is 4.88. The number of carboxylic acid groups (broad SMARTS) is 1. The van der Waals surface area contributed by atoms with Crippen LogP contribution in [0.4, 0.5) is 5.69 Å². The molecular formula is C15H22N2O2. The van der Waals surface area contributed by atoms with Crippen molar-refractivity contribution in [3.8, 4) is 0 Å². The molecule has 2 rings (SSSR count). The summed E-state index contributed by atoms with van der Waals surface area (Å²) in [5.74, 6) is -0.244. The highest BCUT2D eigenvalue weighted by Gasteiger charge is 2.23. The number of hydrogen-bond donors (Lipinski definition) is 2. The first-order valence-corrected chi connectivity index (χ1v) is 6.85. The number of nitrogens with one attached hydrogen (secondary N) is 1. The number of nitrogens with zero attached hydrogens (tertiary/aromatic N) is 1. The zero-order chi connectivity index (χ0) is 13.8. The van der Waals surface area contributed by atoms with Crippen molar-refractivity contribution >= 4 is 11.7 Å². The average Bonchev–Trinajstić information content (AvgIpc) is 2.39. The quantitative estimate of drug-likeness (QED) is 0.873. The topological polar surface area (TPSA) is 52.6 Å². The zero-order valence-electron chi connectivity index (χ0n) is 11.6. The maximum Gasteiger partial charge on any atom is 0.337 e. The Labute approximate surface area is 114 Å². The number of carbonyl (C=O) groups is 1. The van der Waals surface area contributed by atoms with Crippen molar-refractivity contribution in [1.82, 2.24) is 5.32 Å². The first-order valence-electron chi connectivity index (χ1n) is 6.85. The molecule has 1 aliphatic heterocycles. The van der Waals surface area contributed by atoms with Crippen molar-refractivity contribution in [1.29, 1.82) is 0 Å². The van der Waals surface area contributed by atoms with Gasteiger partial charge in [0, 0.05) is 13.1 Å². The van der Waals surface area contributed by atoms with Crippen molar-refractivity contribution in [3.05, 3.63) is 29.3 Å². The minimum atomic E-state index is -0.842. The van der Waals surface area contributed by atoms with Crippen LogP contribution >= 0.6 is 0 Å². The summed E-state index contributed by atoms with van der Waals surface area (Å²) in [6, 6.07) is 5.57. The lowest BCUT2D eigenvalue weighted by Crippen LogP contribution is -2.39. The molecule has 1 aliphatic rings. The van der Waals surface area contributed by atoms with Crippen molar-refractivity contribution in [2.24, 2.45) is 5.92 Å². The zero-order valence-corrected chi connectivity index (χ0v) is 11.6. The van der Waals surface area contributed by atoms with E-state index in [4.69, 9.17) is 0 Å². The summed E-state index contributed by atoms with van der Waals surface area (Å²) in [5.41, 5.74) is 2.39. The first-order chi connectivity index (χ1) is 9.11. The Morgan fingerprint density at radius 1 is 1.53 bits per heavy atom. The minimum absolute atomic E-state index is 0.413. The van der Waals surface area contributed by atoms with E-state index in [1.54, 1.807) is 6.07 Å². The maximum atomic E-state index is 11.3. The Hall–Kier alpha value is -1.55. The molecule has 1 fully saturated rings. The molecule has 1 unspecified atom stereocenters. The second kappa shape index (κ2) is 6.06. The number of benzene rings is 1. The number of carboxylic acids is 1. The van der Waals surface area contributed by atoms with E-state index in [0.717, 1.165) is 37.3 Å². The predicted molar refractivity (Wildman–Crippen MR) is 77.0 cm³/mol. The fraction of sp³-hybridized carbons (Fsp3) is 0.533. The van der Waals surface area contributed by atoms with Gasteiger partial charge in [0.15, 0.2) is 0 Å². The van der Waals surface area contributed by atoms with E-state index in [9.17, 15) is 9.90 Å². The van der Waals surface area contributed by atoms with Gasteiger partial charge >= 0.3 is 5.97 Å². The molecule has 2 N–H and O–H groups in total. The number of hydrogen-bond acceptors (Lipinski definition) is 3. The second-order valence-corrected chi connectivity index (χ2v) is 5.34. The van der Waals surface area contributed by atoms with Crippen molar-refractivity contribution in [3.63, 3.8) is 0 Å². The average molecular weight is 262 g/mol. The summed E-state index contributed by atoms with van der Waals surface area (Å²) in [4.78, 5) is 13.6. The van der Waals surface area contributed by atoms with Crippen LogP contribution in [0.15, 0.2) is 18.2 Å². The SMILES string of the molecule is CNCC1CCCN(c2cc(C)ccc2C(=O)O)C1. The van der Waals surface area contributed by atoms with Crippen LogP contribution in [0.2, 0.25) is 0 Å². The summed E-state index contributed by atoms with van der Waals surface area (Å²) in [5, 5.41) is 12.5. The molecule has 1 heterocycles. The molecule has 0 amide bonds. The summed E-state index contributed by atoms with van der Waals surface area (Å²) in [7, 11) is 1.97. The van der Waals surface area contributed by atoms with Crippen LogP contribution in [0.3, 0.4) is 0 Å². The van der Waals surface area contributed by atoms with Crippen molar-refractivity contribution in [2.75, 3.05) is 31.6 Å². The number of piperidine rings is 1. The largest absolute Gasteiger partial charge is 0.478 e. The highest BCUT2D eigenvalue weighted by molar-refractivity contribution is 5.94. The van der Waals surface area contributed by atoms with E-state index < -0.39 is 5.97 Å². The lowest BCUT2D eigenvalue weighted by atomic mass is 9.96. The Morgan fingerprint density at radius 2 is 2.32 bits per heavy atom. The summed E-state index contributed by atoms with van der Waals surface area (Å²) < 4.78 is 0. The molecule has 0 bridgehead atoms. The van der Waals surface area contributed by atoms with Crippen LogP contribution in [-0.2, 0) is 0 Å². The monoisotopic (exact) mass is 262 g/mol. The Bertz CT molecular complexity index is 457. The van der Waals surface area contributed by atoms with Gasteiger partial charge < -0.3 is 15.3 Å². The molecule has 0 saturated carbocycles. The molecule has 4 heteroatoms. The number of aryl methyl sites for hydroxylation is 1. The molecular weight excluding hydrogens is 240 g/mol. The van der Waals surface area contributed by atoms with Crippen molar-refractivity contribution < 1.29 is 9.90 Å². The highest BCUT2D eigenvalue weighted by Crippen LogP contribution is 2.27. The van der Waals surface area contributed by atoms with Gasteiger partial charge in [0.25, 0.3) is 0 Å². The molecule has 1 atom stereocenters. The van der Waals surface area contributed by atoms with Gasteiger partial charge in [0.2, 0.25) is 0 Å². The standard InChI is InChI=1S/C15H22N2O2/c1-11-5-6-13(15(18)19)14(8-11)17-7-3-4-12(10-17)9-16-2/h5-6,8,12,16H,3-4,7,9-10H2,1-2H3,(H,18,19). The fourth-order valence-corrected chi connectivity index (χ4v) is 2.82. The molecule has 19 heavy (non-hydrogen) atoms. The van der Waals surface area contributed by atoms with Gasteiger partial charge in [-0.1, -0.05) is 6.07 Å². The third-order valence-electron chi connectivity index (χ3n) is 3.74. The minimum Gasteiger partial charge on any atom is -0.478 e. The van der Waals surface area contributed by atoms with Gasteiger partial charge in [0.1, 0.15) is 0 Å². The summed E-state index contributed by atoms with van der Waals surface area (Å²) in [6.07, 6.45) is 2.34. The third kappa shape index (κ3) is 3.26. The van der Waals surface area contributed by atoms with Crippen LogP contribution in [0, 0.1) is 12.8 Å². The van der Waals surface area contributed by atoms with E-state index in [2.05, 4.69) is 10.2 Å². The number of aromatic carboxylic acids is 1. The van der Waals surface area contributed by atoms with E-state index in [1.807, 2.05) is 26.1 Å². The van der Waals surface area contributed by atoms with Gasteiger partial charge in [-0.3, -0.25) is 0 Å². The number of anilines is 1. The van der Waals surface area contributed by atoms with E-state index in [1.165, 1.54) is 6.42 Å². The maximum absolute atomic E-state index is 11.3. The molecule has 1 saturated heterocycles. The Morgan fingerprint density at radius 3 is 3.00 bits per heavy atom. The van der Waals surface area contributed by atoms with Crippen molar-refractivity contribution in [2.45, 2.75) is 19.8 Å². The molecule has 104 valence electrons. The predicted octanol–water partition coefficient (Wildman–Crippen LogP) is 2.13. The molecule has 1 aromatic rings. The normalized spacial score (nSPS) is 19.5. The Kier molecular flexibility index (Phi) is 4.43. The summed E-state index contributed by atoms with van der Waals surface area (Å²) >= 11 is 0. The van der Waals surface area contributed by atoms with Crippen LogP contribution in [0.25, 0.3) is 0 Å². The fourth-order valence-electron chi connectivity index (χ4n) is 2.82. The second-order valence-electron chi connectivity index (χ2n) is 5.34.